The number of rotatable bonds is 1. The summed E-state index contributed by atoms with van der Waals surface area (Å²) in [5, 5.41) is 0. The molecule has 0 amide bonds. The molecule has 1 aromatic rings. The first-order valence-electron chi connectivity index (χ1n) is 4.25. The molecule has 0 aliphatic carbocycles. The van der Waals surface area contributed by atoms with Crippen LogP contribution < -0.4 is 4.90 Å². The standard InChI is InChI=1S/C9H11FN3/c1-6-5-13(7(6)2)9-11-3-8(10)4-12-9/h3-4,7H,5H2,1-2H3. The Hall–Kier alpha value is -1.19. The molecular formula is C9H11FN3. The SMILES string of the molecule is C[C]1CN(c2ncc(F)cn2)C1C. The number of hydrogen-bond donors (Lipinski definition) is 0. The van der Waals surface area contributed by atoms with Gasteiger partial charge in [-0.2, -0.15) is 0 Å². The van der Waals surface area contributed by atoms with E-state index in [9.17, 15) is 4.39 Å². The molecule has 0 N–H and O–H groups in total. The lowest BCUT2D eigenvalue weighted by Crippen LogP contribution is -2.52. The highest BCUT2D eigenvalue weighted by molar-refractivity contribution is 5.42. The molecule has 1 aliphatic heterocycles. The molecular weight excluding hydrogens is 169 g/mol. The summed E-state index contributed by atoms with van der Waals surface area (Å²) in [6, 6.07) is 0.380. The minimum absolute atomic E-state index is 0.380. The molecule has 1 aliphatic rings. The lowest BCUT2D eigenvalue weighted by molar-refractivity contribution is 0.513. The predicted octanol–water partition coefficient (Wildman–Crippen LogP) is 1.42. The average Bonchev–Trinajstić information content (AvgIpc) is 2.15. The lowest BCUT2D eigenvalue weighted by atomic mass is 9.93. The van der Waals surface area contributed by atoms with Crippen molar-refractivity contribution in [1.82, 2.24) is 9.97 Å². The Labute approximate surface area is 76.6 Å². The number of hydrogen-bond acceptors (Lipinski definition) is 3. The summed E-state index contributed by atoms with van der Waals surface area (Å²) in [5.74, 6) is 1.63. The first kappa shape index (κ1) is 8.41. The number of halogens is 1. The summed E-state index contributed by atoms with van der Waals surface area (Å²) in [5.41, 5.74) is 0. The van der Waals surface area contributed by atoms with Gasteiger partial charge in [0.1, 0.15) is 0 Å². The van der Waals surface area contributed by atoms with Crippen LogP contribution in [0, 0.1) is 11.7 Å². The van der Waals surface area contributed by atoms with E-state index in [4.69, 9.17) is 0 Å². The molecule has 1 unspecified atom stereocenters. The minimum atomic E-state index is -0.391. The van der Waals surface area contributed by atoms with Crippen LogP contribution in [0.1, 0.15) is 13.8 Å². The van der Waals surface area contributed by atoms with Crippen LogP contribution in [-0.2, 0) is 0 Å². The van der Waals surface area contributed by atoms with Crippen molar-refractivity contribution in [2.24, 2.45) is 0 Å². The predicted molar refractivity (Wildman–Crippen MR) is 47.7 cm³/mol. The van der Waals surface area contributed by atoms with E-state index in [-0.39, 0.29) is 0 Å². The van der Waals surface area contributed by atoms with Crippen molar-refractivity contribution in [3.8, 4) is 0 Å². The van der Waals surface area contributed by atoms with E-state index in [1.165, 1.54) is 18.3 Å². The van der Waals surface area contributed by atoms with Crippen molar-refractivity contribution in [3.05, 3.63) is 24.1 Å². The van der Waals surface area contributed by atoms with Gasteiger partial charge < -0.3 is 4.90 Å². The van der Waals surface area contributed by atoms with Gasteiger partial charge in [-0.3, -0.25) is 0 Å². The molecule has 0 saturated carbocycles. The van der Waals surface area contributed by atoms with Gasteiger partial charge in [0, 0.05) is 18.5 Å². The fraction of sp³-hybridized carbons (Fsp3) is 0.444. The van der Waals surface area contributed by atoms with Gasteiger partial charge in [-0.15, -0.1) is 0 Å². The molecule has 0 bridgehead atoms. The molecule has 1 aromatic heterocycles. The summed E-state index contributed by atoms with van der Waals surface area (Å²) in [6.07, 6.45) is 2.39. The average molecular weight is 180 g/mol. The topological polar surface area (TPSA) is 29.0 Å². The van der Waals surface area contributed by atoms with Gasteiger partial charge in [-0.25, -0.2) is 14.4 Å². The van der Waals surface area contributed by atoms with Crippen LogP contribution in [0.25, 0.3) is 0 Å². The minimum Gasteiger partial charge on any atom is -0.337 e. The van der Waals surface area contributed by atoms with Crippen molar-refractivity contribution < 1.29 is 4.39 Å². The molecule has 4 heteroatoms. The quantitative estimate of drug-likeness (QED) is 0.654. The summed E-state index contributed by atoms with van der Waals surface area (Å²) in [4.78, 5) is 9.86. The lowest BCUT2D eigenvalue weighted by Gasteiger charge is -2.44. The van der Waals surface area contributed by atoms with E-state index >= 15 is 0 Å². The smallest absolute Gasteiger partial charge is 0.225 e. The van der Waals surface area contributed by atoms with Crippen LogP contribution in [0.5, 0.6) is 0 Å². The van der Waals surface area contributed by atoms with Gasteiger partial charge in [0.15, 0.2) is 5.82 Å². The Bertz CT molecular complexity index is 298. The first-order valence-corrected chi connectivity index (χ1v) is 4.25. The fourth-order valence-electron chi connectivity index (χ4n) is 1.39. The molecule has 69 valence electrons. The molecule has 1 radical (unpaired) electrons. The third-order valence-electron chi connectivity index (χ3n) is 2.46. The largest absolute Gasteiger partial charge is 0.337 e. The molecule has 13 heavy (non-hydrogen) atoms. The molecule has 3 nitrogen and oxygen atoms in total. The van der Waals surface area contributed by atoms with E-state index in [1.807, 2.05) is 4.90 Å². The fourth-order valence-corrected chi connectivity index (χ4v) is 1.39. The summed E-state index contributed by atoms with van der Waals surface area (Å²) in [6.45, 7) is 5.07. The third kappa shape index (κ3) is 1.36. The van der Waals surface area contributed by atoms with Gasteiger partial charge in [0.05, 0.1) is 12.4 Å². The highest BCUT2D eigenvalue weighted by Crippen LogP contribution is 2.28. The Kier molecular flexibility index (Phi) is 1.90. The number of anilines is 1. The molecule has 2 heterocycles. The van der Waals surface area contributed by atoms with E-state index in [1.54, 1.807) is 0 Å². The normalized spacial score (nSPS) is 23.0. The zero-order valence-electron chi connectivity index (χ0n) is 7.66. The van der Waals surface area contributed by atoms with Crippen LogP contribution in [0.15, 0.2) is 12.4 Å². The van der Waals surface area contributed by atoms with Gasteiger partial charge in [-0.05, 0) is 6.92 Å². The summed E-state index contributed by atoms with van der Waals surface area (Å²) in [7, 11) is 0. The van der Waals surface area contributed by atoms with Crippen molar-refractivity contribution in [2.75, 3.05) is 11.4 Å². The third-order valence-corrected chi connectivity index (χ3v) is 2.46. The monoisotopic (exact) mass is 180 g/mol. The van der Waals surface area contributed by atoms with E-state index in [0.29, 0.717) is 12.0 Å². The van der Waals surface area contributed by atoms with Crippen LogP contribution in [0.4, 0.5) is 10.3 Å². The zero-order chi connectivity index (χ0) is 9.42. The Morgan fingerprint density at radius 3 is 2.54 bits per heavy atom. The van der Waals surface area contributed by atoms with Gasteiger partial charge in [0.25, 0.3) is 0 Å². The van der Waals surface area contributed by atoms with Gasteiger partial charge in [0.2, 0.25) is 5.95 Å². The molecule has 2 rings (SSSR count). The van der Waals surface area contributed by atoms with Crippen molar-refractivity contribution in [3.63, 3.8) is 0 Å². The molecule has 0 spiro atoms. The Morgan fingerprint density at radius 2 is 2.08 bits per heavy atom. The Morgan fingerprint density at radius 1 is 1.46 bits per heavy atom. The van der Waals surface area contributed by atoms with E-state index < -0.39 is 5.82 Å². The molecule has 0 aromatic carbocycles. The van der Waals surface area contributed by atoms with Gasteiger partial charge >= 0.3 is 0 Å². The van der Waals surface area contributed by atoms with Gasteiger partial charge in [-0.1, -0.05) is 6.92 Å². The Balaban J connectivity index is 2.14. The van der Waals surface area contributed by atoms with Crippen LogP contribution in [0.3, 0.4) is 0 Å². The van der Waals surface area contributed by atoms with E-state index in [0.717, 1.165) is 6.54 Å². The molecule has 1 atom stereocenters. The maximum absolute atomic E-state index is 12.5. The second-order valence-corrected chi connectivity index (χ2v) is 3.35. The van der Waals surface area contributed by atoms with Crippen molar-refractivity contribution >= 4 is 5.95 Å². The highest BCUT2D eigenvalue weighted by atomic mass is 19.1. The van der Waals surface area contributed by atoms with Crippen LogP contribution >= 0.6 is 0 Å². The number of nitrogens with zero attached hydrogens (tertiary/aromatic N) is 3. The maximum atomic E-state index is 12.5. The summed E-state index contributed by atoms with van der Waals surface area (Å²) >= 11 is 0. The van der Waals surface area contributed by atoms with Crippen molar-refractivity contribution in [2.45, 2.75) is 19.9 Å². The molecule has 1 saturated heterocycles. The first-order chi connectivity index (χ1) is 6.18. The second kappa shape index (κ2) is 2.94. The summed E-state index contributed by atoms with van der Waals surface area (Å²) < 4.78 is 12.5. The molecule has 1 fully saturated rings. The maximum Gasteiger partial charge on any atom is 0.225 e. The highest BCUT2D eigenvalue weighted by Gasteiger charge is 2.33. The van der Waals surface area contributed by atoms with Crippen molar-refractivity contribution in [1.29, 1.82) is 0 Å². The second-order valence-electron chi connectivity index (χ2n) is 3.35. The van der Waals surface area contributed by atoms with Crippen LogP contribution in [0.2, 0.25) is 0 Å². The zero-order valence-corrected chi connectivity index (χ0v) is 7.66. The van der Waals surface area contributed by atoms with E-state index in [2.05, 4.69) is 23.8 Å². The number of aromatic nitrogens is 2. The van der Waals surface area contributed by atoms with Crippen LogP contribution in [-0.4, -0.2) is 22.6 Å².